The van der Waals surface area contributed by atoms with E-state index in [4.69, 9.17) is 4.74 Å². The molecule has 3 heteroatoms. The minimum Gasteiger partial charge on any atom is -0.496 e. The first kappa shape index (κ1) is 11.6. The number of hydrogen-bond acceptors (Lipinski definition) is 2. The number of methoxy groups -OCH3 is 1. The SMILES string of the molecule is COc1ccc(C)c2[nH]c3c(c12)CCN(C)CC3. The van der Waals surface area contributed by atoms with Gasteiger partial charge in [0.25, 0.3) is 0 Å². The molecule has 2 aromatic rings. The third-order valence-corrected chi connectivity index (χ3v) is 4.02. The molecule has 0 atom stereocenters. The Morgan fingerprint density at radius 2 is 2.00 bits per heavy atom. The molecule has 0 spiro atoms. The molecule has 1 N–H and O–H groups in total. The molecule has 1 aromatic carbocycles. The van der Waals surface area contributed by atoms with Crippen molar-refractivity contribution >= 4 is 10.9 Å². The Balaban J connectivity index is 2.24. The lowest BCUT2D eigenvalue weighted by atomic mass is 10.0. The molecule has 1 aliphatic heterocycles. The van der Waals surface area contributed by atoms with Gasteiger partial charge in [-0.15, -0.1) is 0 Å². The molecule has 3 nitrogen and oxygen atoms in total. The number of rotatable bonds is 1. The van der Waals surface area contributed by atoms with Crippen LogP contribution in [0.2, 0.25) is 0 Å². The highest BCUT2D eigenvalue weighted by atomic mass is 16.5. The molecule has 0 radical (unpaired) electrons. The summed E-state index contributed by atoms with van der Waals surface area (Å²) in [4.78, 5) is 6.00. The third-order valence-electron chi connectivity index (χ3n) is 4.02. The number of aromatic amines is 1. The predicted molar refractivity (Wildman–Crippen MR) is 74.5 cm³/mol. The molecule has 1 aromatic heterocycles. The predicted octanol–water partition coefficient (Wildman–Crippen LogP) is 2.52. The fourth-order valence-corrected chi connectivity index (χ4v) is 2.90. The number of nitrogens with one attached hydrogen (secondary N) is 1. The second-order valence-corrected chi connectivity index (χ2v) is 5.22. The fourth-order valence-electron chi connectivity index (χ4n) is 2.90. The highest BCUT2D eigenvalue weighted by Gasteiger charge is 2.19. The lowest BCUT2D eigenvalue weighted by Gasteiger charge is -2.12. The molecule has 0 amide bonds. The zero-order valence-corrected chi connectivity index (χ0v) is 11.3. The summed E-state index contributed by atoms with van der Waals surface area (Å²) in [6.07, 6.45) is 2.20. The second-order valence-electron chi connectivity index (χ2n) is 5.22. The molecule has 3 rings (SSSR count). The number of aromatic nitrogens is 1. The number of nitrogens with zero attached hydrogens (tertiary/aromatic N) is 1. The van der Waals surface area contributed by atoms with Crippen LogP contribution in [-0.2, 0) is 12.8 Å². The molecular formula is C15H20N2O. The smallest absolute Gasteiger partial charge is 0.128 e. The number of fused-ring (bicyclic) bond motifs is 3. The standard InChI is InChI=1S/C15H20N2O/c1-10-4-5-13(18-3)14-11-6-8-17(2)9-7-12(11)16-15(10)14/h4-5,16H,6-9H2,1-3H3. The summed E-state index contributed by atoms with van der Waals surface area (Å²) >= 11 is 0. The van der Waals surface area contributed by atoms with Gasteiger partial charge in [0.05, 0.1) is 12.6 Å². The molecule has 0 unspecified atom stereocenters. The number of benzene rings is 1. The Hall–Kier alpha value is -1.48. The Labute approximate surface area is 108 Å². The maximum atomic E-state index is 5.54. The Bertz CT molecular complexity index is 586. The van der Waals surface area contributed by atoms with E-state index in [1.807, 2.05) is 0 Å². The van der Waals surface area contributed by atoms with Crippen LogP contribution in [0.3, 0.4) is 0 Å². The summed E-state index contributed by atoms with van der Waals surface area (Å²) in [6, 6.07) is 4.21. The van der Waals surface area contributed by atoms with Crippen molar-refractivity contribution < 1.29 is 4.74 Å². The first-order valence-electron chi connectivity index (χ1n) is 6.56. The minimum atomic E-state index is 0.998. The number of aryl methyl sites for hydroxylation is 1. The Morgan fingerprint density at radius 1 is 1.22 bits per heavy atom. The molecule has 0 saturated carbocycles. The second kappa shape index (κ2) is 4.32. The Kier molecular flexibility index (Phi) is 2.78. The highest BCUT2D eigenvalue weighted by Crippen LogP contribution is 2.34. The Morgan fingerprint density at radius 3 is 2.78 bits per heavy atom. The van der Waals surface area contributed by atoms with E-state index in [1.165, 1.54) is 27.7 Å². The molecule has 18 heavy (non-hydrogen) atoms. The van der Waals surface area contributed by atoms with Gasteiger partial charge in [0, 0.05) is 30.6 Å². The third kappa shape index (κ3) is 1.70. The van der Waals surface area contributed by atoms with Crippen molar-refractivity contribution in [3.8, 4) is 5.75 Å². The molecule has 96 valence electrons. The van der Waals surface area contributed by atoms with Gasteiger partial charge in [-0.1, -0.05) is 6.07 Å². The quantitative estimate of drug-likeness (QED) is 0.835. The molecule has 0 aliphatic carbocycles. The number of ether oxygens (including phenoxy) is 1. The molecule has 1 aliphatic rings. The summed E-state index contributed by atoms with van der Waals surface area (Å²) in [5.41, 5.74) is 5.40. The summed E-state index contributed by atoms with van der Waals surface area (Å²) in [5.74, 6) is 0.998. The summed E-state index contributed by atoms with van der Waals surface area (Å²) < 4.78 is 5.54. The van der Waals surface area contributed by atoms with Crippen LogP contribution >= 0.6 is 0 Å². The van der Waals surface area contributed by atoms with E-state index in [9.17, 15) is 0 Å². The van der Waals surface area contributed by atoms with Crippen LogP contribution in [0.5, 0.6) is 5.75 Å². The monoisotopic (exact) mass is 244 g/mol. The van der Waals surface area contributed by atoms with Crippen LogP contribution in [-0.4, -0.2) is 37.1 Å². The van der Waals surface area contributed by atoms with E-state index < -0.39 is 0 Å². The first-order valence-corrected chi connectivity index (χ1v) is 6.56. The van der Waals surface area contributed by atoms with E-state index in [2.05, 4.69) is 36.0 Å². The fraction of sp³-hybridized carbons (Fsp3) is 0.467. The highest BCUT2D eigenvalue weighted by molar-refractivity contribution is 5.93. The summed E-state index contributed by atoms with van der Waals surface area (Å²) in [7, 11) is 3.95. The number of likely N-dealkylation sites (N-methyl/N-ethyl adjacent to an activating group) is 1. The van der Waals surface area contributed by atoms with Gasteiger partial charge < -0.3 is 14.6 Å². The molecule has 0 bridgehead atoms. The van der Waals surface area contributed by atoms with Crippen molar-refractivity contribution in [3.05, 3.63) is 29.0 Å². The largest absolute Gasteiger partial charge is 0.496 e. The van der Waals surface area contributed by atoms with E-state index >= 15 is 0 Å². The van der Waals surface area contributed by atoms with Crippen molar-refractivity contribution in [3.63, 3.8) is 0 Å². The van der Waals surface area contributed by atoms with Gasteiger partial charge in [0.2, 0.25) is 0 Å². The van der Waals surface area contributed by atoms with Crippen LogP contribution < -0.4 is 4.74 Å². The van der Waals surface area contributed by atoms with Crippen molar-refractivity contribution in [1.82, 2.24) is 9.88 Å². The van der Waals surface area contributed by atoms with Crippen LogP contribution in [0.4, 0.5) is 0 Å². The van der Waals surface area contributed by atoms with E-state index in [-0.39, 0.29) is 0 Å². The number of H-pyrrole nitrogens is 1. The molecule has 0 saturated heterocycles. The molecular weight excluding hydrogens is 224 g/mol. The lowest BCUT2D eigenvalue weighted by Crippen LogP contribution is -2.21. The first-order chi connectivity index (χ1) is 8.70. The van der Waals surface area contributed by atoms with Crippen LogP contribution in [0.1, 0.15) is 16.8 Å². The number of hydrogen-bond donors (Lipinski definition) is 1. The van der Waals surface area contributed by atoms with Crippen molar-refractivity contribution in [2.45, 2.75) is 19.8 Å². The van der Waals surface area contributed by atoms with Crippen LogP contribution in [0.15, 0.2) is 12.1 Å². The van der Waals surface area contributed by atoms with Gasteiger partial charge in [0.1, 0.15) is 5.75 Å². The average Bonchev–Trinajstić information content (AvgIpc) is 2.65. The maximum Gasteiger partial charge on any atom is 0.128 e. The van der Waals surface area contributed by atoms with E-state index in [0.717, 1.165) is 31.7 Å². The van der Waals surface area contributed by atoms with E-state index in [1.54, 1.807) is 7.11 Å². The van der Waals surface area contributed by atoms with Crippen molar-refractivity contribution in [2.75, 3.05) is 27.2 Å². The van der Waals surface area contributed by atoms with Crippen molar-refractivity contribution in [1.29, 1.82) is 0 Å². The lowest BCUT2D eigenvalue weighted by molar-refractivity contribution is 0.352. The molecule has 2 heterocycles. The zero-order chi connectivity index (χ0) is 12.7. The summed E-state index contributed by atoms with van der Waals surface area (Å²) in [5, 5.41) is 1.29. The normalized spacial score (nSPS) is 16.6. The average molecular weight is 244 g/mol. The topological polar surface area (TPSA) is 28.3 Å². The minimum absolute atomic E-state index is 0.998. The van der Waals surface area contributed by atoms with Gasteiger partial charge in [-0.2, -0.15) is 0 Å². The zero-order valence-electron chi connectivity index (χ0n) is 11.3. The van der Waals surface area contributed by atoms with Crippen LogP contribution in [0, 0.1) is 6.92 Å². The van der Waals surface area contributed by atoms with Crippen LogP contribution in [0.25, 0.3) is 10.9 Å². The van der Waals surface area contributed by atoms with Gasteiger partial charge in [-0.05, 0) is 37.6 Å². The van der Waals surface area contributed by atoms with Gasteiger partial charge in [0.15, 0.2) is 0 Å². The maximum absolute atomic E-state index is 5.54. The molecule has 0 fully saturated rings. The summed E-state index contributed by atoms with van der Waals surface area (Å²) in [6.45, 7) is 4.40. The van der Waals surface area contributed by atoms with E-state index in [0.29, 0.717) is 0 Å². The van der Waals surface area contributed by atoms with Gasteiger partial charge in [-0.25, -0.2) is 0 Å². The van der Waals surface area contributed by atoms with Gasteiger partial charge in [-0.3, -0.25) is 0 Å². The van der Waals surface area contributed by atoms with Gasteiger partial charge >= 0.3 is 0 Å². The van der Waals surface area contributed by atoms with Crippen molar-refractivity contribution in [2.24, 2.45) is 0 Å².